The summed E-state index contributed by atoms with van der Waals surface area (Å²) in [6.07, 6.45) is 0.957. The van der Waals surface area contributed by atoms with Gasteiger partial charge >= 0.3 is 12.1 Å². The summed E-state index contributed by atoms with van der Waals surface area (Å²) in [5.41, 5.74) is 0.815. The molecule has 0 unspecified atom stereocenters. The van der Waals surface area contributed by atoms with Gasteiger partial charge in [-0.15, -0.1) is 0 Å². The number of cyclic esters (lactones) is 1. The van der Waals surface area contributed by atoms with Crippen molar-refractivity contribution in [3.05, 3.63) is 48.0 Å². The molecule has 1 aromatic carbocycles. The molecule has 2 rings (SSSR count). The van der Waals surface area contributed by atoms with Crippen LogP contribution < -0.4 is 5.32 Å². The fraction of sp³-hybridized carbons (Fsp3) is 0.286. The maximum absolute atomic E-state index is 11.8. The Balaban J connectivity index is 1.94. The van der Waals surface area contributed by atoms with Crippen molar-refractivity contribution >= 4 is 46.9 Å². The van der Waals surface area contributed by atoms with Gasteiger partial charge in [-0.3, -0.25) is 0 Å². The molecule has 1 aromatic rings. The molecule has 0 saturated carbocycles. The van der Waals surface area contributed by atoms with Crippen LogP contribution in [0.15, 0.2) is 42.5 Å². The minimum absolute atomic E-state index is 0.0690. The summed E-state index contributed by atoms with van der Waals surface area (Å²) < 4.78 is 8.12. The van der Waals surface area contributed by atoms with Crippen molar-refractivity contribution in [1.82, 2.24) is 5.32 Å². The molecule has 1 amide bonds. The van der Waals surface area contributed by atoms with E-state index in [1.54, 1.807) is 12.1 Å². The zero-order valence-corrected chi connectivity index (χ0v) is 13.4. The maximum Gasteiger partial charge on any atom is 0.407 e. The first-order valence-corrected chi connectivity index (χ1v) is 7.42. The number of carbonyl (C=O) groups is 2. The molecule has 0 fully saturated rings. The first-order chi connectivity index (χ1) is 10.4. The number of alkyl carbamates (subject to hydrolysis) is 1. The van der Waals surface area contributed by atoms with Gasteiger partial charge in [0.15, 0.2) is 0 Å². The molecule has 2 atom stereocenters. The van der Waals surface area contributed by atoms with Gasteiger partial charge in [-0.05, 0) is 11.6 Å². The Morgan fingerprint density at radius 1 is 1.32 bits per heavy atom. The molecular weight excluding hydrogens is 353 g/mol. The Morgan fingerprint density at radius 2 is 2.00 bits per heavy atom. The van der Waals surface area contributed by atoms with Gasteiger partial charge in [-0.1, -0.05) is 65.1 Å². The van der Waals surface area contributed by atoms with Crippen LogP contribution in [-0.4, -0.2) is 28.0 Å². The lowest BCUT2D eigenvalue weighted by atomic mass is 10.2. The van der Waals surface area contributed by atoms with Gasteiger partial charge in [-0.25, -0.2) is 9.59 Å². The van der Waals surface area contributed by atoms with Gasteiger partial charge in [0.05, 0.1) is 0 Å². The second-order valence-corrected chi connectivity index (χ2v) is 6.85. The Morgan fingerprint density at radius 3 is 2.55 bits per heavy atom. The van der Waals surface area contributed by atoms with Crippen molar-refractivity contribution in [3.8, 4) is 0 Å². The average Bonchev–Trinajstić information content (AvgIpc) is 2.88. The van der Waals surface area contributed by atoms with Gasteiger partial charge in [0.1, 0.15) is 18.8 Å². The number of nitrogens with one attached hydrogen (secondary N) is 1. The molecule has 0 radical (unpaired) electrons. The lowest BCUT2D eigenvalue weighted by Crippen LogP contribution is -2.51. The molecule has 1 aliphatic heterocycles. The normalized spacial score (nSPS) is 18.7. The van der Waals surface area contributed by atoms with E-state index in [1.807, 2.05) is 18.2 Å². The maximum atomic E-state index is 11.8. The van der Waals surface area contributed by atoms with E-state index in [2.05, 4.69) is 5.32 Å². The van der Waals surface area contributed by atoms with Crippen LogP contribution in [0.2, 0.25) is 0 Å². The molecule has 0 aliphatic carbocycles. The van der Waals surface area contributed by atoms with Crippen molar-refractivity contribution in [2.45, 2.75) is 22.5 Å². The van der Waals surface area contributed by atoms with Crippen molar-refractivity contribution in [2.24, 2.45) is 0 Å². The van der Waals surface area contributed by atoms with Crippen LogP contribution in [0, 0.1) is 0 Å². The summed E-state index contributed by atoms with van der Waals surface area (Å²) >= 11 is 17.5. The summed E-state index contributed by atoms with van der Waals surface area (Å²) in [5, 5.41) is 2.40. The number of benzene rings is 1. The average molecular weight is 365 g/mol. The lowest BCUT2D eigenvalue weighted by molar-refractivity contribution is -0.139. The number of esters is 1. The molecular formula is C14H12Cl3NO4. The third-order valence-electron chi connectivity index (χ3n) is 2.84. The van der Waals surface area contributed by atoms with Crippen LogP contribution in [0.25, 0.3) is 0 Å². The van der Waals surface area contributed by atoms with Crippen molar-refractivity contribution < 1.29 is 19.1 Å². The molecule has 0 aromatic heterocycles. The summed E-state index contributed by atoms with van der Waals surface area (Å²) in [5.74, 6) is -0.566. The number of ether oxygens (including phenoxy) is 2. The number of rotatable bonds is 4. The standard InChI is InChI=1S/C14H12Cl3NO4/c15-14(16,17)12(10-6-7-11(19)22-10)18-13(20)21-8-9-4-2-1-3-5-9/h1-7,10,12H,8H2,(H,18,20)/t10-,12+/m0/s1. The Bertz CT molecular complexity index is 571. The molecule has 0 bridgehead atoms. The van der Waals surface area contributed by atoms with Gasteiger partial charge in [0.2, 0.25) is 3.79 Å². The zero-order chi connectivity index (χ0) is 16.2. The third kappa shape index (κ3) is 4.80. The summed E-state index contributed by atoms with van der Waals surface area (Å²) in [6, 6.07) is 8.04. The topological polar surface area (TPSA) is 64.6 Å². The second kappa shape index (κ2) is 7.22. The highest BCUT2D eigenvalue weighted by Crippen LogP contribution is 2.34. The first-order valence-electron chi connectivity index (χ1n) is 6.29. The summed E-state index contributed by atoms with van der Waals surface area (Å²) in [4.78, 5) is 22.9. The Labute approximate surface area is 142 Å². The molecule has 0 saturated heterocycles. The number of carbonyl (C=O) groups excluding carboxylic acids is 2. The van der Waals surface area contributed by atoms with Crippen LogP contribution >= 0.6 is 34.8 Å². The fourth-order valence-electron chi connectivity index (χ4n) is 1.81. The van der Waals surface area contributed by atoms with Crippen molar-refractivity contribution in [1.29, 1.82) is 0 Å². The van der Waals surface area contributed by atoms with E-state index in [1.165, 1.54) is 12.2 Å². The fourth-order valence-corrected chi connectivity index (χ4v) is 2.34. The molecule has 0 spiro atoms. The number of hydrogen-bond donors (Lipinski definition) is 1. The minimum atomic E-state index is -1.87. The summed E-state index contributed by atoms with van der Waals surface area (Å²) in [7, 11) is 0. The number of hydrogen-bond acceptors (Lipinski definition) is 4. The molecule has 22 heavy (non-hydrogen) atoms. The van der Waals surface area contributed by atoms with Crippen LogP contribution in [0.1, 0.15) is 5.56 Å². The van der Waals surface area contributed by atoms with Gasteiger partial charge in [0.25, 0.3) is 0 Å². The van der Waals surface area contributed by atoms with E-state index in [9.17, 15) is 9.59 Å². The van der Waals surface area contributed by atoms with E-state index in [-0.39, 0.29) is 6.61 Å². The van der Waals surface area contributed by atoms with E-state index in [0.29, 0.717) is 0 Å². The smallest absolute Gasteiger partial charge is 0.407 e. The third-order valence-corrected chi connectivity index (χ3v) is 3.55. The molecule has 1 heterocycles. The zero-order valence-electron chi connectivity index (χ0n) is 11.2. The molecule has 8 heteroatoms. The molecule has 5 nitrogen and oxygen atoms in total. The predicted molar refractivity (Wildman–Crippen MR) is 82.9 cm³/mol. The van der Waals surface area contributed by atoms with Crippen LogP contribution in [0.3, 0.4) is 0 Å². The van der Waals surface area contributed by atoms with E-state index < -0.39 is 28.0 Å². The van der Waals surface area contributed by atoms with Crippen LogP contribution in [-0.2, 0) is 20.9 Å². The highest BCUT2D eigenvalue weighted by atomic mass is 35.6. The highest BCUT2D eigenvalue weighted by Gasteiger charge is 2.42. The van der Waals surface area contributed by atoms with E-state index in [4.69, 9.17) is 44.3 Å². The van der Waals surface area contributed by atoms with Gasteiger partial charge in [0, 0.05) is 6.08 Å². The van der Waals surface area contributed by atoms with E-state index in [0.717, 1.165) is 5.56 Å². The van der Waals surface area contributed by atoms with Crippen molar-refractivity contribution in [3.63, 3.8) is 0 Å². The molecule has 1 N–H and O–H groups in total. The quantitative estimate of drug-likeness (QED) is 0.658. The Hall–Kier alpha value is -1.43. The van der Waals surface area contributed by atoms with Gasteiger partial charge < -0.3 is 14.8 Å². The Kier molecular flexibility index (Phi) is 5.56. The van der Waals surface area contributed by atoms with Crippen LogP contribution in [0.4, 0.5) is 4.79 Å². The minimum Gasteiger partial charge on any atom is -0.453 e. The number of halogens is 3. The number of alkyl halides is 3. The molecule has 118 valence electrons. The molecule has 1 aliphatic rings. The lowest BCUT2D eigenvalue weighted by Gasteiger charge is -2.28. The van der Waals surface area contributed by atoms with Crippen molar-refractivity contribution in [2.75, 3.05) is 0 Å². The largest absolute Gasteiger partial charge is 0.453 e. The highest BCUT2D eigenvalue weighted by molar-refractivity contribution is 6.68. The second-order valence-electron chi connectivity index (χ2n) is 4.49. The predicted octanol–water partition coefficient (Wildman–Crippen LogP) is 3.13. The van der Waals surface area contributed by atoms with Gasteiger partial charge in [-0.2, -0.15) is 0 Å². The SMILES string of the molecule is O=C1C=C[C@@H]([C@@H](NC(=O)OCc2ccccc2)C(Cl)(Cl)Cl)O1. The number of amides is 1. The van der Waals surface area contributed by atoms with Crippen LogP contribution in [0.5, 0.6) is 0 Å². The monoisotopic (exact) mass is 363 g/mol. The summed E-state index contributed by atoms with van der Waals surface area (Å²) in [6.45, 7) is 0.0690. The van der Waals surface area contributed by atoms with E-state index >= 15 is 0 Å². The first kappa shape index (κ1) is 16.9.